The van der Waals surface area contributed by atoms with Crippen LogP contribution in [-0.4, -0.2) is 18.6 Å². The van der Waals surface area contributed by atoms with Crippen LogP contribution in [0.5, 0.6) is 0 Å². The van der Waals surface area contributed by atoms with Crippen molar-refractivity contribution in [3.8, 4) is 0 Å². The van der Waals surface area contributed by atoms with E-state index in [0.29, 0.717) is 6.20 Å². The lowest BCUT2D eigenvalue weighted by Crippen LogP contribution is -2.34. The maximum Gasteiger partial charge on any atom is 0.231 e. The van der Waals surface area contributed by atoms with E-state index in [2.05, 4.69) is 10.3 Å². The van der Waals surface area contributed by atoms with E-state index in [9.17, 15) is 8.78 Å². The Morgan fingerprint density at radius 1 is 1.50 bits per heavy atom. The Kier molecular flexibility index (Phi) is 5.57. The van der Waals surface area contributed by atoms with Gasteiger partial charge in [0.25, 0.3) is 0 Å². The molecule has 0 atom stereocenters. The second-order valence-electron chi connectivity index (χ2n) is 3.16. The summed E-state index contributed by atoms with van der Waals surface area (Å²) in [6.45, 7) is 3.63. The maximum absolute atomic E-state index is 13.0. The van der Waals surface area contributed by atoms with Crippen molar-refractivity contribution < 1.29 is 8.78 Å². The third-order valence-electron chi connectivity index (χ3n) is 1.57. The van der Waals surface area contributed by atoms with Gasteiger partial charge in [0.15, 0.2) is 0 Å². The molecular formula is C9H13ClF2N2. The Hall–Kier alpha value is -0.740. The lowest BCUT2D eigenvalue weighted by atomic mass is 10.1. The van der Waals surface area contributed by atoms with Crippen LogP contribution in [0.15, 0.2) is 28.6 Å². The number of hydrogen-bond acceptors (Lipinski definition) is 2. The molecule has 80 valence electrons. The maximum atomic E-state index is 13.0. The van der Waals surface area contributed by atoms with Crippen molar-refractivity contribution in [3.63, 3.8) is 0 Å². The average molecular weight is 223 g/mol. The van der Waals surface area contributed by atoms with E-state index in [4.69, 9.17) is 11.6 Å². The van der Waals surface area contributed by atoms with Crippen molar-refractivity contribution >= 4 is 17.6 Å². The molecule has 2 nitrogen and oxygen atoms in total. The monoisotopic (exact) mass is 222 g/mol. The van der Waals surface area contributed by atoms with E-state index < -0.39 is 11.5 Å². The second-order valence-corrected chi connectivity index (χ2v) is 3.57. The average Bonchev–Trinajstić information content (AvgIpc) is 2.13. The number of allylic oxidation sites excluding steroid dienone is 1. The van der Waals surface area contributed by atoms with Gasteiger partial charge in [-0.1, -0.05) is 11.6 Å². The first-order valence-corrected chi connectivity index (χ1v) is 4.37. The van der Waals surface area contributed by atoms with Crippen molar-refractivity contribution in [2.24, 2.45) is 4.99 Å². The summed E-state index contributed by atoms with van der Waals surface area (Å²) in [4.78, 5) is 3.13. The molecule has 0 fully saturated rings. The smallest absolute Gasteiger partial charge is 0.231 e. The van der Waals surface area contributed by atoms with E-state index in [1.165, 1.54) is 6.08 Å². The number of likely N-dealkylation sites (N-methyl/N-ethyl adjacent to an activating group) is 1. The molecular weight excluding hydrogens is 210 g/mol. The van der Waals surface area contributed by atoms with Gasteiger partial charge >= 0.3 is 0 Å². The van der Waals surface area contributed by atoms with Gasteiger partial charge in [-0.2, -0.15) is 4.39 Å². The van der Waals surface area contributed by atoms with Crippen LogP contribution in [0.2, 0.25) is 0 Å². The molecule has 0 heterocycles. The third-order valence-corrected chi connectivity index (χ3v) is 1.84. The summed E-state index contributed by atoms with van der Waals surface area (Å²) in [7, 11) is 1.72. The molecule has 0 aliphatic rings. The van der Waals surface area contributed by atoms with Crippen molar-refractivity contribution in [1.82, 2.24) is 5.32 Å². The van der Waals surface area contributed by atoms with Crippen LogP contribution >= 0.6 is 11.6 Å². The van der Waals surface area contributed by atoms with Crippen LogP contribution in [0.1, 0.15) is 13.8 Å². The number of hydrogen-bond donors (Lipinski definition) is 1. The molecule has 0 aromatic carbocycles. The van der Waals surface area contributed by atoms with Gasteiger partial charge in [0.1, 0.15) is 6.33 Å². The molecule has 1 N–H and O–H groups in total. The first-order valence-electron chi connectivity index (χ1n) is 3.99. The van der Waals surface area contributed by atoms with Gasteiger partial charge in [-0.15, -0.1) is 0 Å². The van der Waals surface area contributed by atoms with Gasteiger partial charge < -0.3 is 5.32 Å². The molecule has 0 aromatic heterocycles. The zero-order valence-electron chi connectivity index (χ0n) is 8.31. The van der Waals surface area contributed by atoms with Gasteiger partial charge in [-0.25, -0.2) is 9.38 Å². The first kappa shape index (κ1) is 13.3. The highest BCUT2D eigenvalue weighted by atomic mass is 35.5. The Labute approximate surface area is 87.4 Å². The molecule has 0 unspecified atom stereocenters. The summed E-state index contributed by atoms with van der Waals surface area (Å²) in [6.07, 6.45) is 2.28. The summed E-state index contributed by atoms with van der Waals surface area (Å²) in [6, 6.07) is 0. The number of rotatable bonds is 4. The molecule has 0 saturated carbocycles. The number of nitrogens with one attached hydrogen (secondary N) is 1. The van der Waals surface area contributed by atoms with Crippen molar-refractivity contribution in [1.29, 1.82) is 0 Å². The van der Waals surface area contributed by atoms with Crippen LogP contribution in [0.4, 0.5) is 8.78 Å². The van der Waals surface area contributed by atoms with E-state index in [-0.39, 0.29) is 11.4 Å². The Balaban J connectivity index is 4.68. The van der Waals surface area contributed by atoms with Crippen LogP contribution in [0.3, 0.4) is 0 Å². The van der Waals surface area contributed by atoms with Gasteiger partial charge in [-0.05, 0) is 27.0 Å². The van der Waals surface area contributed by atoms with Crippen molar-refractivity contribution in [2.75, 3.05) is 7.05 Å². The molecule has 0 spiro atoms. The van der Waals surface area contributed by atoms with Crippen LogP contribution < -0.4 is 5.32 Å². The predicted octanol–water partition coefficient (Wildman–Crippen LogP) is 2.92. The number of nitrogens with zero attached hydrogens (tertiary/aromatic N) is 1. The molecule has 0 aromatic rings. The van der Waals surface area contributed by atoms with E-state index in [1.54, 1.807) is 7.05 Å². The van der Waals surface area contributed by atoms with E-state index in [1.807, 2.05) is 13.8 Å². The molecule has 0 rings (SSSR count). The molecule has 14 heavy (non-hydrogen) atoms. The molecule has 0 aliphatic carbocycles. The molecule has 0 bridgehead atoms. The number of halogens is 3. The van der Waals surface area contributed by atoms with Gasteiger partial charge in [-0.3, -0.25) is 0 Å². The SMILES string of the molecule is CNC(C)(C)\C=C(Cl)/C(F)=N\C=C\F. The minimum Gasteiger partial charge on any atom is -0.311 e. The van der Waals surface area contributed by atoms with Crippen LogP contribution in [0.25, 0.3) is 0 Å². The van der Waals surface area contributed by atoms with Crippen LogP contribution in [-0.2, 0) is 0 Å². The Bertz CT molecular complexity index is 270. The fourth-order valence-corrected chi connectivity index (χ4v) is 0.925. The highest BCUT2D eigenvalue weighted by molar-refractivity contribution is 6.42. The van der Waals surface area contributed by atoms with E-state index >= 15 is 0 Å². The fraction of sp³-hybridized carbons (Fsp3) is 0.444. The Morgan fingerprint density at radius 3 is 2.50 bits per heavy atom. The summed E-state index contributed by atoms with van der Waals surface area (Å²) in [5.74, 6) is -0.913. The van der Waals surface area contributed by atoms with Crippen molar-refractivity contribution in [2.45, 2.75) is 19.4 Å². The normalized spacial score (nSPS) is 15.3. The molecule has 0 aliphatic heterocycles. The second kappa shape index (κ2) is 5.88. The van der Waals surface area contributed by atoms with Gasteiger partial charge in [0.05, 0.1) is 11.2 Å². The summed E-state index contributed by atoms with van der Waals surface area (Å²) in [5.41, 5.74) is -0.441. The predicted molar refractivity (Wildman–Crippen MR) is 55.9 cm³/mol. The highest BCUT2D eigenvalue weighted by Crippen LogP contribution is 2.13. The third kappa shape index (κ3) is 5.09. The summed E-state index contributed by atoms with van der Waals surface area (Å²) >= 11 is 5.59. The fourth-order valence-electron chi connectivity index (χ4n) is 0.604. The molecule has 0 saturated heterocycles. The number of aliphatic imine (C=N–C) groups is 1. The standard InChI is InChI=1S/C9H13ClF2N2/c1-9(2,13-3)6-7(10)8(12)14-5-4-11/h4-6,13H,1-3H3/b5-4+,7-6+,14-8+. The quantitative estimate of drug-likeness (QED) is 0.727. The molecule has 0 radical (unpaired) electrons. The molecule has 5 heteroatoms. The summed E-state index contributed by atoms with van der Waals surface area (Å²) < 4.78 is 24.4. The van der Waals surface area contributed by atoms with Gasteiger partial charge in [0.2, 0.25) is 5.97 Å². The first-order chi connectivity index (χ1) is 6.43. The Morgan fingerprint density at radius 2 is 2.07 bits per heavy atom. The zero-order chi connectivity index (χ0) is 11.2. The highest BCUT2D eigenvalue weighted by Gasteiger charge is 2.14. The summed E-state index contributed by atoms with van der Waals surface area (Å²) in [5, 5.41) is 2.76. The van der Waals surface area contributed by atoms with Crippen molar-refractivity contribution in [3.05, 3.63) is 23.6 Å². The van der Waals surface area contributed by atoms with E-state index in [0.717, 1.165) is 0 Å². The van der Waals surface area contributed by atoms with Crippen LogP contribution in [0, 0.1) is 0 Å². The lowest BCUT2D eigenvalue weighted by Gasteiger charge is -2.19. The lowest BCUT2D eigenvalue weighted by molar-refractivity contribution is 0.527. The minimum atomic E-state index is -0.913. The topological polar surface area (TPSA) is 24.4 Å². The molecule has 0 amide bonds. The minimum absolute atomic E-state index is 0.132. The largest absolute Gasteiger partial charge is 0.311 e. The van der Waals surface area contributed by atoms with Gasteiger partial charge in [0, 0.05) is 5.54 Å². The zero-order valence-corrected chi connectivity index (χ0v) is 9.07.